The molecule has 9 heteroatoms. The van der Waals surface area contributed by atoms with Crippen molar-refractivity contribution < 1.29 is 13.2 Å². The number of hydrogen-bond acceptors (Lipinski definition) is 5. The molecule has 2 aliphatic rings. The van der Waals surface area contributed by atoms with Crippen LogP contribution in [0.2, 0.25) is 0 Å². The molecule has 37 heavy (non-hydrogen) atoms. The molecular weight excluding hydrogens is 488 g/mol. The maximum absolute atomic E-state index is 13.4. The highest BCUT2D eigenvalue weighted by atomic mass is 32.2. The number of carbonyl (C=O) groups excluding carboxylic acids is 1. The largest absolute Gasteiger partial charge is 0.352 e. The van der Waals surface area contributed by atoms with Crippen molar-refractivity contribution in [3.8, 4) is 0 Å². The number of sulfonamides is 1. The zero-order valence-electron chi connectivity index (χ0n) is 22.5. The van der Waals surface area contributed by atoms with Gasteiger partial charge in [0, 0.05) is 44.3 Å². The van der Waals surface area contributed by atoms with Crippen molar-refractivity contribution in [3.63, 3.8) is 0 Å². The average molecular weight is 531 g/mol. The Hall–Kier alpha value is -2.23. The van der Waals surface area contributed by atoms with Crippen LogP contribution >= 0.6 is 0 Å². The number of rotatable bonds is 9. The third kappa shape index (κ3) is 6.26. The minimum absolute atomic E-state index is 0.0217. The molecule has 0 bridgehead atoms. The van der Waals surface area contributed by atoms with E-state index >= 15 is 0 Å². The molecule has 2 saturated carbocycles. The zero-order chi connectivity index (χ0) is 26.6. The number of carbonyl (C=O) groups is 1. The van der Waals surface area contributed by atoms with Gasteiger partial charge in [-0.05, 0) is 63.9 Å². The standard InChI is InChI=1S/C28H42N4O4S/c1-30(21-11-6-4-7-12-21)18-10-17-29-28(34)25-20-31(2)26-16-15-23(19-24(26)27(25)33)37(35,36)32(3)22-13-8-5-9-14-22/h15-16,19-22H,4-14,17-18H2,1-3H3,(H,29,34). The summed E-state index contributed by atoms with van der Waals surface area (Å²) in [5.74, 6) is -0.421. The molecule has 1 N–H and O–H groups in total. The molecule has 0 spiro atoms. The SMILES string of the molecule is CN(CCCNC(=O)c1cn(C)c2ccc(S(=O)(=O)N(C)C3CCCCC3)cc2c1=O)C1CCCCC1. The van der Waals surface area contributed by atoms with Crippen molar-refractivity contribution in [2.24, 2.45) is 7.05 Å². The van der Waals surface area contributed by atoms with E-state index in [0.717, 1.165) is 45.1 Å². The number of benzene rings is 1. The Kier molecular flexibility index (Phi) is 9.08. The monoisotopic (exact) mass is 530 g/mol. The van der Waals surface area contributed by atoms with Gasteiger partial charge in [0.1, 0.15) is 5.56 Å². The van der Waals surface area contributed by atoms with Gasteiger partial charge in [-0.25, -0.2) is 8.42 Å². The van der Waals surface area contributed by atoms with Gasteiger partial charge in [0.2, 0.25) is 15.5 Å². The molecule has 4 rings (SSSR count). The lowest BCUT2D eigenvalue weighted by atomic mass is 9.94. The molecule has 1 aromatic carbocycles. The first-order valence-corrected chi connectivity index (χ1v) is 15.2. The number of amides is 1. The molecule has 1 amide bonds. The third-order valence-corrected chi connectivity index (χ3v) is 10.2. The van der Waals surface area contributed by atoms with Crippen LogP contribution in [0.25, 0.3) is 10.9 Å². The van der Waals surface area contributed by atoms with Crippen molar-refractivity contribution in [3.05, 3.63) is 40.2 Å². The Bertz CT molecular complexity index is 1260. The Morgan fingerprint density at radius 3 is 2.27 bits per heavy atom. The van der Waals surface area contributed by atoms with Crippen LogP contribution in [-0.2, 0) is 17.1 Å². The number of nitrogens with zero attached hydrogens (tertiary/aromatic N) is 3. The molecule has 0 aliphatic heterocycles. The molecular formula is C28H42N4O4S. The van der Waals surface area contributed by atoms with E-state index in [1.807, 2.05) is 0 Å². The molecule has 2 aromatic rings. The first-order chi connectivity index (χ1) is 17.7. The van der Waals surface area contributed by atoms with Crippen LogP contribution in [-0.4, -0.2) is 67.4 Å². The summed E-state index contributed by atoms with van der Waals surface area (Å²) in [6, 6.07) is 5.24. The van der Waals surface area contributed by atoms with E-state index in [9.17, 15) is 18.0 Å². The number of hydrogen-bond donors (Lipinski definition) is 1. The van der Waals surface area contributed by atoms with Gasteiger partial charge in [0.05, 0.1) is 10.4 Å². The van der Waals surface area contributed by atoms with Crippen LogP contribution in [0.3, 0.4) is 0 Å². The summed E-state index contributed by atoms with van der Waals surface area (Å²) in [6.07, 6.45) is 13.6. The van der Waals surface area contributed by atoms with Gasteiger partial charge in [-0.3, -0.25) is 9.59 Å². The van der Waals surface area contributed by atoms with E-state index in [0.29, 0.717) is 18.1 Å². The highest BCUT2D eigenvalue weighted by Gasteiger charge is 2.29. The summed E-state index contributed by atoms with van der Waals surface area (Å²) in [5, 5.41) is 3.13. The van der Waals surface area contributed by atoms with E-state index in [1.165, 1.54) is 48.7 Å². The van der Waals surface area contributed by atoms with Gasteiger partial charge in [-0.15, -0.1) is 0 Å². The maximum Gasteiger partial charge on any atom is 0.256 e. The minimum Gasteiger partial charge on any atom is -0.352 e. The van der Waals surface area contributed by atoms with Gasteiger partial charge >= 0.3 is 0 Å². The number of aryl methyl sites for hydroxylation is 1. The third-order valence-electron chi connectivity index (χ3n) is 8.34. The topological polar surface area (TPSA) is 91.7 Å². The second-order valence-electron chi connectivity index (χ2n) is 10.9. The first-order valence-electron chi connectivity index (χ1n) is 13.8. The smallest absolute Gasteiger partial charge is 0.256 e. The summed E-state index contributed by atoms with van der Waals surface area (Å²) in [4.78, 5) is 28.7. The maximum atomic E-state index is 13.4. The van der Waals surface area contributed by atoms with Crippen LogP contribution in [0.4, 0.5) is 0 Å². The van der Waals surface area contributed by atoms with Gasteiger partial charge < -0.3 is 14.8 Å². The van der Waals surface area contributed by atoms with Crippen LogP contribution in [0, 0.1) is 0 Å². The molecule has 2 fully saturated rings. The number of nitrogens with one attached hydrogen (secondary N) is 1. The Labute approximate surface area is 221 Å². The summed E-state index contributed by atoms with van der Waals surface area (Å²) >= 11 is 0. The minimum atomic E-state index is -3.75. The Morgan fingerprint density at radius 1 is 1.00 bits per heavy atom. The second-order valence-corrected chi connectivity index (χ2v) is 12.9. The van der Waals surface area contributed by atoms with Gasteiger partial charge in [-0.2, -0.15) is 4.31 Å². The summed E-state index contributed by atoms with van der Waals surface area (Å²) in [7, 11) is 1.79. The van der Waals surface area contributed by atoms with Crippen molar-refractivity contribution >= 4 is 26.8 Å². The highest BCUT2D eigenvalue weighted by molar-refractivity contribution is 7.89. The highest BCUT2D eigenvalue weighted by Crippen LogP contribution is 2.27. The lowest BCUT2D eigenvalue weighted by Crippen LogP contribution is -2.38. The van der Waals surface area contributed by atoms with E-state index in [4.69, 9.17) is 0 Å². The van der Waals surface area contributed by atoms with Crippen molar-refractivity contribution in [1.29, 1.82) is 0 Å². The van der Waals surface area contributed by atoms with Crippen molar-refractivity contribution in [1.82, 2.24) is 19.1 Å². The van der Waals surface area contributed by atoms with Gasteiger partial charge in [-0.1, -0.05) is 38.5 Å². The van der Waals surface area contributed by atoms with Crippen LogP contribution < -0.4 is 10.7 Å². The normalized spacial score (nSPS) is 18.1. The van der Waals surface area contributed by atoms with E-state index in [1.54, 1.807) is 30.8 Å². The van der Waals surface area contributed by atoms with Crippen LogP contribution in [0.5, 0.6) is 0 Å². The van der Waals surface area contributed by atoms with Gasteiger partial charge in [0.25, 0.3) is 5.91 Å². The predicted octanol–water partition coefficient (Wildman–Crippen LogP) is 3.88. The summed E-state index contributed by atoms with van der Waals surface area (Å²) < 4.78 is 29.9. The first kappa shape index (κ1) is 27.8. The molecule has 1 aromatic heterocycles. The number of aromatic nitrogens is 1. The predicted molar refractivity (Wildman–Crippen MR) is 147 cm³/mol. The summed E-state index contributed by atoms with van der Waals surface area (Å²) in [5.41, 5.74) is 0.183. The Balaban J connectivity index is 1.47. The van der Waals surface area contributed by atoms with E-state index in [-0.39, 0.29) is 21.9 Å². The fraction of sp³-hybridized carbons (Fsp3) is 0.643. The lowest BCUT2D eigenvalue weighted by Gasteiger charge is -2.31. The number of pyridine rings is 1. The van der Waals surface area contributed by atoms with E-state index < -0.39 is 21.4 Å². The zero-order valence-corrected chi connectivity index (χ0v) is 23.4. The fourth-order valence-electron chi connectivity index (χ4n) is 5.93. The van der Waals surface area contributed by atoms with Crippen LogP contribution in [0.1, 0.15) is 81.0 Å². The fourth-order valence-corrected chi connectivity index (χ4v) is 7.37. The second kappa shape index (κ2) is 12.1. The number of fused-ring (bicyclic) bond motifs is 1. The molecule has 1 heterocycles. The molecule has 0 atom stereocenters. The molecule has 2 aliphatic carbocycles. The van der Waals surface area contributed by atoms with Crippen molar-refractivity contribution in [2.75, 3.05) is 27.2 Å². The average Bonchev–Trinajstić information content (AvgIpc) is 2.93. The van der Waals surface area contributed by atoms with Crippen molar-refractivity contribution in [2.45, 2.75) is 87.6 Å². The molecule has 0 radical (unpaired) electrons. The molecule has 0 saturated heterocycles. The molecule has 0 unspecified atom stereocenters. The Morgan fingerprint density at radius 2 is 1.62 bits per heavy atom. The van der Waals surface area contributed by atoms with Gasteiger partial charge in [0.15, 0.2) is 0 Å². The summed E-state index contributed by atoms with van der Waals surface area (Å²) in [6.45, 7) is 1.38. The van der Waals surface area contributed by atoms with E-state index in [2.05, 4.69) is 17.3 Å². The molecule has 204 valence electrons. The molecule has 8 nitrogen and oxygen atoms in total. The lowest BCUT2D eigenvalue weighted by molar-refractivity contribution is 0.0949. The quantitative estimate of drug-likeness (QED) is 0.497. The van der Waals surface area contributed by atoms with Crippen LogP contribution in [0.15, 0.2) is 34.1 Å².